The zero-order valence-corrected chi connectivity index (χ0v) is 14.0. The number of carbonyl (C=O) groups excluding carboxylic acids is 1. The maximum atomic E-state index is 12.0. The lowest BCUT2D eigenvalue weighted by Gasteiger charge is -2.11. The van der Waals surface area contributed by atoms with E-state index in [1.807, 2.05) is 0 Å². The van der Waals surface area contributed by atoms with Crippen LogP contribution in [0.15, 0.2) is 41.4 Å². The Bertz CT molecular complexity index is 741. The maximum absolute atomic E-state index is 12.0. The highest BCUT2D eigenvalue weighted by molar-refractivity contribution is 7.13. The van der Waals surface area contributed by atoms with Crippen molar-refractivity contribution in [1.82, 2.24) is 15.2 Å². The minimum Gasteiger partial charge on any atom is -0.369 e. The van der Waals surface area contributed by atoms with Gasteiger partial charge in [-0.15, -0.1) is 21.5 Å². The molecule has 0 unspecified atom stereocenters. The second-order valence-electron chi connectivity index (χ2n) is 4.93. The normalized spacial score (nSPS) is 11.9. The Morgan fingerprint density at radius 3 is 2.87 bits per heavy atom. The van der Waals surface area contributed by atoms with E-state index < -0.39 is 0 Å². The minimum absolute atomic E-state index is 0.243. The molecular weight excluding hydrogens is 330 g/mol. The molecule has 2 N–H and O–H groups in total. The predicted octanol–water partition coefficient (Wildman–Crippen LogP) is 3.46. The number of rotatable bonds is 6. The van der Waals surface area contributed by atoms with Gasteiger partial charge in [0.2, 0.25) is 5.13 Å². The molecule has 3 rings (SSSR count). The van der Waals surface area contributed by atoms with Gasteiger partial charge in [0.15, 0.2) is 0 Å². The molecule has 6 nitrogen and oxygen atoms in total. The molecule has 0 bridgehead atoms. The summed E-state index contributed by atoms with van der Waals surface area (Å²) in [7, 11) is 0. The highest BCUT2D eigenvalue weighted by atomic mass is 32.1. The van der Waals surface area contributed by atoms with Gasteiger partial charge in [-0.25, -0.2) is 4.98 Å². The fourth-order valence-electron chi connectivity index (χ4n) is 1.96. The van der Waals surface area contributed by atoms with Crippen LogP contribution in [0.25, 0.3) is 0 Å². The van der Waals surface area contributed by atoms with Crippen molar-refractivity contribution in [1.29, 1.82) is 0 Å². The quantitative estimate of drug-likeness (QED) is 0.715. The van der Waals surface area contributed by atoms with Crippen LogP contribution in [-0.4, -0.2) is 27.6 Å². The molecule has 8 heteroatoms. The average Bonchev–Trinajstić information content (AvgIpc) is 3.26. The molecule has 3 aromatic rings. The van der Waals surface area contributed by atoms with Crippen molar-refractivity contribution in [3.63, 3.8) is 0 Å². The zero-order valence-electron chi connectivity index (χ0n) is 12.4. The van der Waals surface area contributed by atoms with Crippen molar-refractivity contribution in [2.75, 3.05) is 17.2 Å². The molecule has 0 aliphatic heterocycles. The number of nitrogens with one attached hydrogen (secondary N) is 2. The van der Waals surface area contributed by atoms with Gasteiger partial charge in [0.25, 0.3) is 5.91 Å². The van der Waals surface area contributed by atoms with Gasteiger partial charge in [-0.2, -0.15) is 0 Å². The van der Waals surface area contributed by atoms with E-state index in [2.05, 4.69) is 50.3 Å². The summed E-state index contributed by atoms with van der Waals surface area (Å²) in [6, 6.07) is 7.73. The lowest BCUT2D eigenvalue weighted by atomic mass is 10.1. The highest BCUT2D eigenvalue weighted by Crippen LogP contribution is 2.21. The zero-order chi connectivity index (χ0) is 16.1. The topological polar surface area (TPSA) is 79.8 Å². The monoisotopic (exact) mass is 345 g/mol. The third kappa shape index (κ3) is 4.11. The molecule has 3 aromatic heterocycles. The number of thiophene rings is 1. The maximum Gasteiger partial charge on any atom is 0.259 e. The molecule has 1 atom stereocenters. The van der Waals surface area contributed by atoms with E-state index in [1.54, 1.807) is 35.2 Å². The molecule has 0 radical (unpaired) electrons. The fourth-order valence-corrected chi connectivity index (χ4v) is 3.19. The van der Waals surface area contributed by atoms with Crippen LogP contribution in [0.5, 0.6) is 0 Å². The van der Waals surface area contributed by atoms with Crippen LogP contribution in [-0.2, 0) is 0 Å². The Hall–Kier alpha value is -2.32. The van der Waals surface area contributed by atoms with Crippen molar-refractivity contribution in [3.8, 4) is 0 Å². The summed E-state index contributed by atoms with van der Waals surface area (Å²) in [6.07, 6.45) is 1.55. The van der Waals surface area contributed by atoms with Crippen LogP contribution >= 0.6 is 22.7 Å². The molecule has 23 heavy (non-hydrogen) atoms. The van der Waals surface area contributed by atoms with E-state index in [-0.39, 0.29) is 5.91 Å². The molecular formula is C15H15N5OS2. The molecule has 0 aliphatic carbocycles. The highest BCUT2D eigenvalue weighted by Gasteiger charge is 2.10. The van der Waals surface area contributed by atoms with Crippen LogP contribution < -0.4 is 10.6 Å². The lowest BCUT2D eigenvalue weighted by Crippen LogP contribution is -2.13. The predicted molar refractivity (Wildman–Crippen MR) is 93.3 cm³/mol. The van der Waals surface area contributed by atoms with Gasteiger partial charge >= 0.3 is 0 Å². The summed E-state index contributed by atoms with van der Waals surface area (Å²) in [5, 5.41) is 16.0. The second kappa shape index (κ2) is 7.30. The van der Waals surface area contributed by atoms with Crippen LogP contribution in [0.3, 0.4) is 0 Å². The number of pyridine rings is 1. The smallest absolute Gasteiger partial charge is 0.259 e. The first kappa shape index (κ1) is 15.6. The molecule has 0 fully saturated rings. The molecule has 118 valence electrons. The van der Waals surface area contributed by atoms with Crippen LogP contribution in [0.4, 0.5) is 10.9 Å². The Morgan fingerprint density at radius 2 is 2.22 bits per heavy atom. The van der Waals surface area contributed by atoms with Crippen molar-refractivity contribution in [2.24, 2.45) is 0 Å². The summed E-state index contributed by atoms with van der Waals surface area (Å²) >= 11 is 3.02. The third-order valence-corrected chi connectivity index (χ3v) is 4.93. The van der Waals surface area contributed by atoms with Crippen LogP contribution in [0.2, 0.25) is 0 Å². The molecule has 0 aliphatic rings. The van der Waals surface area contributed by atoms with E-state index in [9.17, 15) is 4.79 Å². The summed E-state index contributed by atoms with van der Waals surface area (Å²) in [5.74, 6) is 0.922. The van der Waals surface area contributed by atoms with Crippen LogP contribution in [0.1, 0.15) is 28.1 Å². The first-order chi connectivity index (χ1) is 11.2. The number of hydrogen-bond donors (Lipinski definition) is 2. The molecule has 3 heterocycles. The number of carbonyl (C=O) groups is 1. The minimum atomic E-state index is -0.243. The number of anilines is 2. The number of nitrogens with zero attached hydrogens (tertiary/aromatic N) is 3. The van der Waals surface area contributed by atoms with E-state index in [0.717, 1.165) is 12.4 Å². The van der Waals surface area contributed by atoms with E-state index in [0.29, 0.717) is 16.6 Å². The van der Waals surface area contributed by atoms with Gasteiger partial charge in [0.1, 0.15) is 11.3 Å². The van der Waals surface area contributed by atoms with Gasteiger partial charge in [-0.05, 0) is 23.6 Å². The van der Waals surface area contributed by atoms with Gasteiger partial charge in [-0.3, -0.25) is 10.1 Å². The lowest BCUT2D eigenvalue weighted by molar-refractivity contribution is 0.102. The van der Waals surface area contributed by atoms with Crippen molar-refractivity contribution in [3.05, 3.63) is 51.8 Å². The third-order valence-electron chi connectivity index (χ3n) is 3.22. The van der Waals surface area contributed by atoms with Crippen molar-refractivity contribution >= 4 is 39.5 Å². The summed E-state index contributed by atoms with van der Waals surface area (Å²) in [4.78, 5) is 17.6. The Balaban J connectivity index is 1.55. The largest absolute Gasteiger partial charge is 0.369 e. The number of hydrogen-bond acceptors (Lipinski definition) is 7. The Morgan fingerprint density at radius 1 is 1.30 bits per heavy atom. The van der Waals surface area contributed by atoms with Gasteiger partial charge in [-0.1, -0.05) is 24.3 Å². The standard InChI is InChI=1S/C15H15N5OS2/c1-10(12-3-2-6-22-12)7-16-13-5-4-11(8-17-13)14(21)19-15-20-18-9-23-15/h2-6,8-10H,7H2,1H3,(H,16,17)(H,19,20,21)/t10-/m1/s1. The molecule has 0 saturated carbocycles. The molecule has 0 saturated heterocycles. The van der Waals surface area contributed by atoms with Gasteiger partial charge in [0, 0.05) is 23.5 Å². The fraction of sp³-hybridized carbons (Fsp3) is 0.200. The van der Waals surface area contributed by atoms with Crippen molar-refractivity contribution < 1.29 is 4.79 Å². The molecule has 1 amide bonds. The Labute approximate surface area is 141 Å². The average molecular weight is 345 g/mol. The SMILES string of the molecule is C[C@H](CNc1ccc(C(=O)Nc2nncs2)cn1)c1cccs1. The van der Waals surface area contributed by atoms with Gasteiger partial charge < -0.3 is 5.32 Å². The first-order valence-corrected chi connectivity index (χ1v) is 8.79. The second-order valence-corrected chi connectivity index (χ2v) is 6.74. The number of aromatic nitrogens is 3. The molecule has 0 aromatic carbocycles. The summed E-state index contributed by atoms with van der Waals surface area (Å²) in [6.45, 7) is 2.96. The van der Waals surface area contributed by atoms with Gasteiger partial charge in [0.05, 0.1) is 5.56 Å². The van der Waals surface area contributed by atoms with E-state index in [1.165, 1.54) is 16.2 Å². The summed E-state index contributed by atoms with van der Waals surface area (Å²) < 4.78 is 0. The first-order valence-electron chi connectivity index (χ1n) is 7.03. The molecule has 0 spiro atoms. The summed E-state index contributed by atoms with van der Waals surface area (Å²) in [5.41, 5.74) is 2.05. The van der Waals surface area contributed by atoms with E-state index in [4.69, 9.17) is 0 Å². The van der Waals surface area contributed by atoms with Crippen molar-refractivity contribution in [2.45, 2.75) is 12.8 Å². The Kier molecular flexibility index (Phi) is 4.94. The number of amides is 1. The van der Waals surface area contributed by atoms with Crippen LogP contribution in [0, 0.1) is 0 Å². The van der Waals surface area contributed by atoms with E-state index >= 15 is 0 Å².